The van der Waals surface area contributed by atoms with E-state index < -0.39 is 11.9 Å². The summed E-state index contributed by atoms with van der Waals surface area (Å²) in [4.78, 5) is 23.8. The number of carboxylic acids is 1. The van der Waals surface area contributed by atoms with Gasteiger partial charge in [0, 0.05) is 40.6 Å². The van der Waals surface area contributed by atoms with Crippen LogP contribution in [-0.2, 0) is 4.79 Å². The van der Waals surface area contributed by atoms with Crippen LogP contribution in [0.5, 0.6) is 17.2 Å². The molecule has 9 heteroatoms. The molecule has 3 aromatic rings. The predicted octanol–water partition coefficient (Wildman–Crippen LogP) is 2.24. The average molecular weight is 534 g/mol. The number of amides is 1. The van der Waals surface area contributed by atoms with E-state index in [2.05, 4.69) is 5.32 Å². The molecule has 1 aliphatic heterocycles. The minimum Gasteiger partial charge on any atom is -0.549 e. The zero-order valence-corrected chi connectivity index (χ0v) is 23.1. The van der Waals surface area contributed by atoms with Crippen molar-refractivity contribution in [3.63, 3.8) is 0 Å². The van der Waals surface area contributed by atoms with E-state index in [0.29, 0.717) is 52.8 Å². The second kappa shape index (κ2) is 13.2. The van der Waals surface area contributed by atoms with Crippen LogP contribution in [0.15, 0.2) is 66.7 Å². The summed E-state index contributed by atoms with van der Waals surface area (Å²) < 4.78 is 11.4. The maximum Gasteiger partial charge on any atom is 1.00 e. The summed E-state index contributed by atoms with van der Waals surface area (Å²) in [7, 11) is 0. The van der Waals surface area contributed by atoms with Gasteiger partial charge in [-0.05, 0) is 54.8 Å². The number of hydrogen-bond donors (Lipinski definition) is 1. The normalized spacial score (nSPS) is 14.3. The second-order valence-corrected chi connectivity index (χ2v) is 8.74. The fourth-order valence-electron chi connectivity index (χ4n) is 3.71. The first-order valence-corrected chi connectivity index (χ1v) is 11.8. The molecular weight excluding hydrogens is 512 g/mol. The molecule has 0 saturated carbocycles. The Morgan fingerprint density at radius 3 is 2.56 bits per heavy atom. The van der Waals surface area contributed by atoms with Crippen LogP contribution in [-0.4, -0.2) is 25.0 Å². The summed E-state index contributed by atoms with van der Waals surface area (Å²) in [5.41, 5.74) is 1.90. The van der Waals surface area contributed by atoms with Crippen LogP contribution in [0.3, 0.4) is 0 Å². The minimum atomic E-state index is -1.16. The first kappa shape index (κ1) is 28.1. The van der Waals surface area contributed by atoms with Crippen LogP contribution < -0.4 is 49.5 Å². The Morgan fingerprint density at radius 1 is 1.08 bits per heavy atom. The van der Waals surface area contributed by atoms with Crippen molar-refractivity contribution in [1.82, 2.24) is 5.32 Å². The largest absolute Gasteiger partial charge is 1.00 e. The van der Waals surface area contributed by atoms with Crippen molar-refractivity contribution in [2.24, 2.45) is 0 Å². The molecule has 0 aliphatic carbocycles. The molecule has 0 saturated heterocycles. The van der Waals surface area contributed by atoms with E-state index in [4.69, 9.17) is 32.7 Å². The van der Waals surface area contributed by atoms with Gasteiger partial charge in [-0.15, -0.1) is 0 Å². The molecule has 4 rings (SSSR count). The van der Waals surface area contributed by atoms with Gasteiger partial charge in [0.15, 0.2) is 0 Å². The van der Waals surface area contributed by atoms with Crippen LogP contribution in [0.2, 0.25) is 10.0 Å². The van der Waals surface area contributed by atoms with Crippen molar-refractivity contribution in [3.05, 3.63) is 93.5 Å². The molecule has 0 bridgehead atoms. The van der Waals surface area contributed by atoms with Crippen molar-refractivity contribution in [3.8, 4) is 17.2 Å². The topological polar surface area (TPSA) is 87.7 Å². The van der Waals surface area contributed by atoms with E-state index in [1.807, 2.05) is 36.4 Å². The van der Waals surface area contributed by atoms with Crippen LogP contribution in [0.1, 0.15) is 40.2 Å². The molecule has 1 aliphatic rings. The number of rotatable bonds is 8. The monoisotopic (exact) mass is 533 g/mol. The number of ether oxygens (including phenoxy) is 2. The molecule has 0 fully saturated rings. The van der Waals surface area contributed by atoms with Crippen molar-refractivity contribution in [2.45, 2.75) is 18.8 Å². The standard InChI is InChI=1S/C27H23Cl2NO5.Na/c28-22-7-2-1-5-17(22)6-3-4-13-30-26(31)18-8-10-19(11-9-18)35-25-16-24-21(15-23(25)29)20(27(32)33)12-14-34-24;/h1-3,5-11,15-16,20H,4,12-14H2,(H,30,31)(H,32,33);/q;+1/p-1/b6-3-;. The van der Waals surface area contributed by atoms with E-state index in [1.54, 1.807) is 30.3 Å². The number of nitrogens with one attached hydrogen (secondary N) is 1. The molecule has 6 nitrogen and oxygen atoms in total. The summed E-state index contributed by atoms with van der Waals surface area (Å²) >= 11 is 12.4. The van der Waals surface area contributed by atoms with E-state index >= 15 is 0 Å². The molecule has 1 atom stereocenters. The van der Waals surface area contributed by atoms with Gasteiger partial charge in [-0.25, -0.2) is 0 Å². The molecule has 0 radical (unpaired) electrons. The Morgan fingerprint density at radius 2 is 1.83 bits per heavy atom. The molecule has 36 heavy (non-hydrogen) atoms. The number of carbonyl (C=O) groups is 2. The molecular formula is C27H22Cl2NNaO5. The molecule has 0 spiro atoms. The number of fused-ring (bicyclic) bond motifs is 1. The van der Waals surface area contributed by atoms with Gasteiger partial charge in [-0.3, -0.25) is 4.79 Å². The molecule has 180 valence electrons. The van der Waals surface area contributed by atoms with Gasteiger partial charge in [-0.2, -0.15) is 0 Å². The van der Waals surface area contributed by atoms with E-state index in [-0.39, 0.29) is 47.1 Å². The van der Waals surface area contributed by atoms with Gasteiger partial charge >= 0.3 is 29.6 Å². The third-order valence-electron chi connectivity index (χ3n) is 5.53. The fourth-order valence-corrected chi connectivity index (χ4v) is 4.12. The molecule has 1 unspecified atom stereocenters. The van der Waals surface area contributed by atoms with Gasteiger partial charge in [-0.1, -0.05) is 53.6 Å². The summed E-state index contributed by atoms with van der Waals surface area (Å²) in [6, 6.07) is 17.3. The first-order valence-electron chi connectivity index (χ1n) is 11.1. The number of halogens is 2. The average Bonchev–Trinajstić information content (AvgIpc) is 2.85. The zero-order valence-electron chi connectivity index (χ0n) is 19.6. The van der Waals surface area contributed by atoms with Gasteiger partial charge in [0.1, 0.15) is 17.2 Å². The second-order valence-electron chi connectivity index (χ2n) is 7.92. The summed E-state index contributed by atoms with van der Waals surface area (Å²) in [5.74, 6) is -0.926. The maximum atomic E-state index is 12.4. The Hall–Kier alpha value is -2.48. The van der Waals surface area contributed by atoms with Gasteiger partial charge in [0.05, 0.1) is 11.6 Å². The number of carboxylic acid groups (broad SMARTS) is 1. The number of carbonyl (C=O) groups excluding carboxylic acids is 2. The zero-order chi connectivity index (χ0) is 24.8. The summed E-state index contributed by atoms with van der Waals surface area (Å²) in [5, 5.41) is 15.2. The third-order valence-corrected chi connectivity index (χ3v) is 6.17. The van der Waals surface area contributed by atoms with Crippen LogP contribution in [0, 0.1) is 0 Å². The quantitative estimate of drug-likeness (QED) is 0.354. The Kier molecular flexibility index (Phi) is 10.3. The van der Waals surface area contributed by atoms with Crippen molar-refractivity contribution in [1.29, 1.82) is 0 Å². The van der Waals surface area contributed by atoms with Crippen LogP contribution in [0.25, 0.3) is 6.08 Å². The van der Waals surface area contributed by atoms with E-state index in [9.17, 15) is 14.7 Å². The van der Waals surface area contributed by atoms with Gasteiger partial charge in [0.2, 0.25) is 0 Å². The van der Waals surface area contributed by atoms with Crippen molar-refractivity contribution in [2.75, 3.05) is 13.2 Å². The number of aliphatic carboxylic acids is 1. The van der Waals surface area contributed by atoms with Crippen molar-refractivity contribution >= 4 is 41.2 Å². The van der Waals surface area contributed by atoms with Gasteiger partial charge in [0.25, 0.3) is 5.91 Å². The molecule has 3 aromatic carbocycles. The molecule has 1 amide bonds. The molecule has 1 heterocycles. The Bertz CT molecular complexity index is 1260. The molecule has 0 aromatic heterocycles. The first-order chi connectivity index (χ1) is 16.9. The SMILES string of the molecule is O=C(NCC/C=C\c1ccccc1Cl)c1ccc(Oc2cc3c(cc2Cl)C(C(=O)[O-])CCO3)cc1.[Na+]. The Balaban J connectivity index is 0.00000361. The van der Waals surface area contributed by atoms with E-state index in [0.717, 1.165) is 5.56 Å². The maximum absolute atomic E-state index is 12.4. The van der Waals surface area contributed by atoms with Crippen LogP contribution in [0.4, 0.5) is 0 Å². The van der Waals surface area contributed by atoms with E-state index in [1.165, 1.54) is 6.07 Å². The minimum absolute atomic E-state index is 0. The smallest absolute Gasteiger partial charge is 0.549 e. The summed E-state index contributed by atoms with van der Waals surface area (Å²) in [6.07, 6.45) is 4.87. The van der Waals surface area contributed by atoms with Gasteiger partial charge < -0.3 is 24.7 Å². The van der Waals surface area contributed by atoms with Crippen molar-refractivity contribution < 1.29 is 53.7 Å². The summed E-state index contributed by atoms with van der Waals surface area (Å²) in [6.45, 7) is 0.752. The molecule has 1 N–H and O–H groups in total. The number of benzene rings is 3. The third kappa shape index (κ3) is 7.05. The van der Waals surface area contributed by atoms with Crippen LogP contribution >= 0.6 is 23.2 Å². The fraction of sp³-hybridized carbons (Fsp3) is 0.185. The number of hydrogen-bond acceptors (Lipinski definition) is 5. The predicted molar refractivity (Wildman–Crippen MR) is 133 cm³/mol. The Labute approximate surface area is 241 Å².